The van der Waals surface area contributed by atoms with Gasteiger partial charge in [-0.15, -0.1) is 0 Å². The van der Waals surface area contributed by atoms with Crippen LogP contribution in [0.1, 0.15) is 52.0 Å². The molecule has 4 aromatic rings. The Labute approximate surface area is 241 Å². The minimum absolute atomic E-state index is 0.112. The first-order valence-electron chi connectivity index (χ1n) is 13.4. The lowest BCUT2D eigenvalue weighted by Gasteiger charge is -2.20. The number of rotatable bonds is 8. The number of aromatic nitrogens is 2. The number of carbonyl (C=O) groups is 2. The Balaban J connectivity index is 1.33. The minimum Gasteiger partial charge on any atom is -0.494 e. The summed E-state index contributed by atoms with van der Waals surface area (Å²) in [4.78, 5) is 35.1. The average Bonchev–Trinajstić information content (AvgIpc) is 3.70. The van der Waals surface area contributed by atoms with Gasteiger partial charge >= 0.3 is 0 Å². The summed E-state index contributed by atoms with van der Waals surface area (Å²) in [5.41, 5.74) is 10.00. The predicted molar refractivity (Wildman–Crippen MR) is 153 cm³/mol. The quantitative estimate of drug-likeness (QED) is 0.295. The van der Waals surface area contributed by atoms with E-state index in [1.807, 2.05) is 13.0 Å². The maximum atomic E-state index is 13.7. The second kappa shape index (κ2) is 10.6. The number of ether oxygens (including phenoxy) is 2. The van der Waals surface area contributed by atoms with E-state index in [-0.39, 0.29) is 24.2 Å². The number of benzene rings is 2. The molecule has 0 saturated heterocycles. The van der Waals surface area contributed by atoms with E-state index >= 15 is 0 Å². The number of nitrogens with zero attached hydrogens (tertiary/aromatic N) is 2. The van der Waals surface area contributed by atoms with Crippen molar-refractivity contribution in [2.24, 2.45) is 11.7 Å². The third-order valence-corrected chi connectivity index (χ3v) is 8.18. The monoisotopic (exact) mass is 574 g/mol. The van der Waals surface area contributed by atoms with Crippen LogP contribution in [0.25, 0.3) is 22.2 Å². The number of nitrogens with one attached hydrogen (secondary N) is 1. The van der Waals surface area contributed by atoms with Crippen LogP contribution in [0.3, 0.4) is 0 Å². The Hall–Kier alpha value is -4.24. The van der Waals surface area contributed by atoms with E-state index in [0.717, 1.165) is 18.5 Å². The van der Waals surface area contributed by atoms with Crippen LogP contribution in [-0.4, -0.2) is 42.0 Å². The van der Waals surface area contributed by atoms with Crippen LogP contribution >= 0.6 is 11.6 Å². The van der Waals surface area contributed by atoms with E-state index in [1.54, 1.807) is 30.3 Å². The maximum absolute atomic E-state index is 13.7. The fourth-order valence-corrected chi connectivity index (χ4v) is 5.55. The topological polar surface area (TPSA) is 116 Å². The molecule has 2 atom stereocenters. The zero-order chi connectivity index (χ0) is 28.8. The summed E-state index contributed by atoms with van der Waals surface area (Å²) in [5.74, 6) is -0.583. The zero-order valence-electron chi connectivity index (χ0n) is 22.5. The number of carbonyl (C=O) groups excluding carboxylic acids is 2. The van der Waals surface area contributed by atoms with Crippen LogP contribution in [-0.2, 0) is 4.79 Å². The molecule has 1 aliphatic carbocycles. The molecule has 3 N–H and O–H groups in total. The number of hydrogen-bond donors (Lipinski definition) is 2. The second-order valence-corrected chi connectivity index (χ2v) is 11.0. The highest BCUT2D eigenvalue weighted by atomic mass is 35.5. The Kier molecular flexibility index (Phi) is 6.99. The van der Waals surface area contributed by atoms with Crippen molar-refractivity contribution < 1.29 is 23.5 Å². The molecular weight excluding hydrogens is 547 g/mol. The molecule has 3 heterocycles. The number of aryl methyl sites for hydroxylation is 1. The fraction of sp³-hybridized carbons (Fsp3) is 0.290. The molecule has 210 valence electrons. The highest BCUT2D eigenvalue weighted by Crippen LogP contribution is 2.46. The predicted octanol–water partition coefficient (Wildman–Crippen LogP) is 5.29. The van der Waals surface area contributed by atoms with E-state index < -0.39 is 11.8 Å². The van der Waals surface area contributed by atoms with Gasteiger partial charge in [0.15, 0.2) is 0 Å². The van der Waals surface area contributed by atoms with Gasteiger partial charge in [-0.2, -0.15) is 0 Å². The van der Waals surface area contributed by atoms with E-state index in [2.05, 4.69) is 10.3 Å². The second-order valence-electron chi connectivity index (χ2n) is 10.5. The van der Waals surface area contributed by atoms with Crippen LogP contribution in [0.4, 0.5) is 4.39 Å². The van der Waals surface area contributed by atoms with E-state index in [9.17, 15) is 14.0 Å². The summed E-state index contributed by atoms with van der Waals surface area (Å²) in [6.45, 7) is 2.26. The smallest absolute Gasteiger partial charge is 0.251 e. The SMILES string of the molecule is COc1cc(C(=O)NCC(c2cc3c(c(-c4ccc(F)cc4)n2)OCC3C(N)=O)C2CC2)cc2cc(Cl)c(C)nc12. The minimum atomic E-state index is -0.616. The molecule has 2 aromatic heterocycles. The Bertz CT molecular complexity index is 1690. The van der Waals surface area contributed by atoms with Crippen LogP contribution < -0.4 is 20.5 Å². The molecule has 2 aromatic carbocycles. The summed E-state index contributed by atoms with van der Waals surface area (Å²) in [7, 11) is 1.53. The lowest BCUT2D eigenvalue weighted by Crippen LogP contribution is -2.30. The van der Waals surface area contributed by atoms with Crippen LogP contribution in [0.5, 0.6) is 11.5 Å². The molecule has 10 heteroatoms. The molecule has 1 fully saturated rings. The number of hydrogen-bond acceptors (Lipinski definition) is 6. The van der Waals surface area contributed by atoms with Gasteiger partial charge in [0, 0.05) is 40.2 Å². The molecule has 2 unspecified atom stereocenters. The molecule has 2 amide bonds. The summed E-state index contributed by atoms with van der Waals surface area (Å²) in [6, 6.07) is 13.0. The van der Waals surface area contributed by atoms with Crippen molar-refractivity contribution in [3.05, 3.63) is 81.9 Å². The Morgan fingerprint density at radius 3 is 2.61 bits per heavy atom. The van der Waals surface area contributed by atoms with Gasteiger partial charge in [0.2, 0.25) is 5.91 Å². The average molecular weight is 575 g/mol. The molecular formula is C31H28ClFN4O4. The first-order valence-corrected chi connectivity index (χ1v) is 13.8. The zero-order valence-corrected chi connectivity index (χ0v) is 23.3. The van der Waals surface area contributed by atoms with Crippen LogP contribution in [0.15, 0.2) is 48.5 Å². The molecule has 2 aliphatic rings. The molecule has 1 saturated carbocycles. The van der Waals surface area contributed by atoms with Gasteiger partial charge in [-0.1, -0.05) is 11.6 Å². The van der Waals surface area contributed by atoms with E-state index in [4.69, 9.17) is 31.8 Å². The van der Waals surface area contributed by atoms with Gasteiger partial charge < -0.3 is 20.5 Å². The highest BCUT2D eigenvalue weighted by molar-refractivity contribution is 6.31. The molecule has 41 heavy (non-hydrogen) atoms. The van der Waals surface area contributed by atoms with Gasteiger partial charge in [-0.05, 0) is 74.2 Å². The third-order valence-electron chi connectivity index (χ3n) is 7.80. The Morgan fingerprint density at radius 2 is 1.93 bits per heavy atom. The number of primary amides is 1. The molecule has 0 bridgehead atoms. The largest absolute Gasteiger partial charge is 0.494 e. The Morgan fingerprint density at radius 1 is 1.17 bits per heavy atom. The molecule has 1 aliphatic heterocycles. The normalized spacial score (nSPS) is 16.6. The molecule has 6 rings (SSSR count). The third kappa shape index (κ3) is 5.17. The molecule has 8 nitrogen and oxygen atoms in total. The number of halogens is 2. The first-order chi connectivity index (χ1) is 19.7. The van der Waals surface area contributed by atoms with Gasteiger partial charge in [0.05, 0.1) is 17.8 Å². The van der Waals surface area contributed by atoms with Gasteiger partial charge in [-0.25, -0.2) is 14.4 Å². The lowest BCUT2D eigenvalue weighted by atomic mass is 9.92. The highest BCUT2D eigenvalue weighted by Gasteiger charge is 2.38. The van der Waals surface area contributed by atoms with E-state index in [0.29, 0.717) is 68.0 Å². The van der Waals surface area contributed by atoms with Crippen molar-refractivity contribution in [3.8, 4) is 22.8 Å². The van der Waals surface area contributed by atoms with Gasteiger partial charge in [-0.3, -0.25) is 9.59 Å². The van der Waals surface area contributed by atoms with Crippen molar-refractivity contribution in [2.75, 3.05) is 20.3 Å². The molecule has 0 spiro atoms. The van der Waals surface area contributed by atoms with Crippen LogP contribution in [0, 0.1) is 18.7 Å². The standard InChI is InChI=1S/C31H28ClFN4O4/c1-15-24(32)10-18-9-19(11-26(40-2)27(18)36-15)31(39)35-13-22(16-3-4-16)25-12-21-23(30(34)38)14-41-29(21)28(37-25)17-5-7-20(33)8-6-17/h5-12,16,22-23H,3-4,13-14H2,1-2H3,(H2,34,38)(H,35,39). The number of methoxy groups -OCH3 is 1. The van der Waals surface area contributed by atoms with Crippen molar-refractivity contribution in [1.29, 1.82) is 0 Å². The van der Waals surface area contributed by atoms with Gasteiger partial charge in [0.25, 0.3) is 5.91 Å². The summed E-state index contributed by atoms with van der Waals surface area (Å²) in [5, 5.41) is 4.27. The number of fused-ring (bicyclic) bond motifs is 2. The van der Waals surface area contributed by atoms with Crippen LogP contribution in [0.2, 0.25) is 5.02 Å². The van der Waals surface area contributed by atoms with Crippen molar-refractivity contribution >= 4 is 34.3 Å². The summed E-state index contributed by atoms with van der Waals surface area (Å²) in [6.07, 6.45) is 1.99. The fourth-order valence-electron chi connectivity index (χ4n) is 5.39. The number of pyridine rings is 2. The van der Waals surface area contributed by atoms with Crippen molar-refractivity contribution in [1.82, 2.24) is 15.3 Å². The summed E-state index contributed by atoms with van der Waals surface area (Å²) < 4.78 is 25.1. The summed E-state index contributed by atoms with van der Waals surface area (Å²) >= 11 is 6.29. The number of amides is 2. The van der Waals surface area contributed by atoms with Gasteiger partial charge in [0.1, 0.15) is 41.1 Å². The first kappa shape index (κ1) is 27.0. The lowest BCUT2D eigenvalue weighted by molar-refractivity contribution is -0.119. The van der Waals surface area contributed by atoms with E-state index in [1.165, 1.54) is 19.2 Å². The molecule has 0 radical (unpaired) electrons. The maximum Gasteiger partial charge on any atom is 0.251 e. The number of nitrogens with two attached hydrogens (primary N) is 1. The van der Waals surface area contributed by atoms with Crippen molar-refractivity contribution in [2.45, 2.75) is 31.6 Å². The van der Waals surface area contributed by atoms with Crippen molar-refractivity contribution in [3.63, 3.8) is 0 Å².